The molecule has 0 amide bonds. The number of hydrogen-bond donors (Lipinski definition) is 2. The Hall–Kier alpha value is -2.17. The predicted octanol–water partition coefficient (Wildman–Crippen LogP) is 2.84. The topological polar surface area (TPSA) is 93.2 Å². The molecule has 0 aliphatic heterocycles. The van der Waals surface area contributed by atoms with Gasteiger partial charge in [-0.15, -0.1) is 24.0 Å². The molecule has 0 bridgehead atoms. The van der Waals surface area contributed by atoms with E-state index in [1.54, 1.807) is 0 Å². The third-order valence-electron chi connectivity index (χ3n) is 4.20. The molecule has 9 heteroatoms. The number of fused-ring (bicyclic) bond motifs is 1. The van der Waals surface area contributed by atoms with Crippen molar-refractivity contribution in [2.75, 3.05) is 19.6 Å². The Morgan fingerprint density at radius 1 is 1.18 bits per heavy atom. The van der Waals surface area contributed by atoms with E-state index in [1.807, 2.05) is 19.9 Å². The lowest BCUT2D eigenvalue weighted by molar-refractivity contribution is 0.374. The van der Waals surface area contributed by atoms with E-state index in [0.29, 0.717) is 24.7 Å². The fourth-order valence-corrected chi connectivity index (χ4v) is 2.97. The molecule has 0 radical (unpaired) electrons. The highest BCUT2D eigenvalue weighted by molar-refractivity contribution is 14.0. The first kappa shape index (κ1) is 22.1. The van der Waals surface area contributed by atoms with Crippen LogP contribution in [0.4, 0.5) is 0 Å². The number of benzene rings is 1. The van der Waals surface area contributed by atoms with Crippen LogP contribution in [0, 0.1) is 13.8 Å². The van der Waals surface area contributed by atoms with E-state index in [2.05, 4.69) is 60.4 Å². The molecule has 0 aliphatic carbocycles. The van der Waals surface area contributed by atoms with E-state index in [-0.39, 0.29) is 24.0 Å². The van der Waals surface area contributed by atoms with Gasteiger partial charge in [0, 0.05) is 32.6 Å². The summed E-state index contributed by atoms with van der Waals surface area (Å²) in [6.45, 7) is 9.07. The van der Waals surface area contributed by atoms with Crippen LogP contribution in [0.3, 0.4) is 0 Å². The van der Waals surface area contributed by atoms with Crippen molar-refractivity contribution in [1.29, 1.82) is 0 Å². The molecule has 0 fully saturated rings. The molecule has 3 aromatic rings. The second-order valence-electron chi connectivity index (χ2n) is 6.33. The summed E-state index contributed by atoms with van der Waals surface area (Å²) in [5.74, 6) is 3.15. The molecule has 0 spiro atoms. The molecule has 28 heavy (non-hydrogen) atoms. The van der Waals surface area contributed by atoms with E-state index in [4.69, 9.17) is 4.52 Å². The second kappa shape index (κ2) is 11.0. The number of nitrogens with one attached hydrogen (secondary N) is 2. The molecule has 2 N–H and O–H groups in total. The highest BCUT2D eigenvalue weighted by Gasteiger charge is 2.06. The number of aromatic nitrogens is 4. The van der Waals surface area contributed by atoms with Crippen molar-refractivity contribution in [3.8, 4) is 0 Å². The van der Waals surface area contributed by atoms with E-state index in [0.717, 1.165) is 43.4 Å². The van der Waals surface area contributed by atoms with Crippen LogP contribution in [0.5, 0.6) is 0 Å². The number of imidazole rings is 1. The minimum atomic E-state index is 0. The van der Waals surface area contributed by atoms with Gasteiger partial charge in [-0.05, 0) is 39.3 Å². The van der Waals surface area contributed by atoms with Gasteiger partial charge in [0.15, 0.2) is 11.8 Å². The summed E-state index contributed by atoms with van der Waals surface area (Å²) in [7, 11) is 0. The molecule has 8 nitrogen and oxygen atoms in total. The molecule has 152 valence electrons. The third kappa shape index (κ3) is 5.91. The molecule has 0 unspecified atom stereocenters. The van der Waals surface area contributed by atoms with Crippen molar-refractivity contribution in [2.24, 2.45) is 4.99 Å². The molecule has 0 saturated heterocycles. The Morgan fingerprint density at radius 3 is 2.75 bits per heavy atom. The summed E-state index contributed by atoms with van der Waals surface area (Å²) in [5, 5.41) is 10.4. The SMILES string of the molecule is CCNC(=NCCCn1c(C)nc2ccccc21)NCCc1nc(C)no1.I. The first-order chi connectivity index (χ1) is 13.2. The van der Waals surface area contributed by atoms with Gasteiger partial charge in [0.1, 0.15) is 5.82 Å². The van der Waals surface area contributed by atoms with Gasteiger partial charge in [-0.1, -0.05) is 17.3 Å². The van der Waals surface area contributed by atoms with Crippen molar-refractivity contribution in [3.63, 3.8) is 0 Å². The van der Waals surface area contributed by atoms with Crippen molar-refractivity contribution >= 4 is 41.0 Å². The normalized spacial score (nSPS) is 11.5. The Labute approximate surface area is 182 Å². The van der Waals surface area contributed by atoms with Crippen LogP contribution >= 0.6 is 24.0 Å². The zero-order chi connectivity index (χ0) is 19.1. The second-order valence-corrected chi connectivity index (χ2v) is 6.33. The molecule has 0 aliphatic rings. The highest BCUT2D eigenvalue weighted by Crippen LogP contribution is 2.15. The fraction of sp³-hybridized carbons (Fsp3) is 0.474. The van der Waals surface area contributed by atoms with Gasteiger partial charge in [0.25, 0.3) is 0 Å². The van der Waals surface area contributed by atoms with Gasteiger partial charge in [-0.3, -0.25) is 4.99 Å². The first-order valence-corrected chi connectivity index (χ1v) is 9.40. The van der Waals surface area contributed by atoms with Crippen molar-refractivity contribution < 1.29 is 4.52 Å². The van der Waals surface area contributed by atoms with Crippen molar-refractivity contribution in [3.05, 3.63) is 41.8 Å². The Bertz CT molecular complexity index is 903. The zero-order valence-corrected chi connectivity index (χ0v) is 18.9. The average Bonchev–Trinajstić information content (AvgIpc) is 3.21. The summed E-state index contributed by atoms with van der Waals surface area (Å²) >= 11 is 0. The smallest absolute Gasteiger partial charge is 0.228 e. The zero-order valence-electron chi connectivity index (χ0n) is 16.6. The third-order valence-corrected chi connectivity index (χ3v) is 4.20. The molecule has 2 heterocycles. The molecule has 1 aromatic carbocycles. The fourth-order valence-electron chi connectivity index (χ4n) is 2.97. The van der Waals surface area contributed by atoms with Gasteiger partial charge in [-0.2, -0.15) is 4.98 Å². The van der Waals surface area contributed by atoms with E-state index < -0.39 is 0 Å². The molecule has 3 rings (SSSR count). The summed E-state index contributed by atoms with van der Waals surface area (Å²) in [6, 6.07) is 8.24. The minimum absolute atomic E-state index is 0. The maximum atomic E-state index is 5.12. The minimum Gasteiger partial charge on any atom is -0.357 e. The van der Waals surface area contributed by atoms with Crippen LogP contribution in [0.2, 0.25) is 0 Å². The number of aliphatic imine (C=N–C) groups is 1. The molecular formula is C19H28IN7O. The van der Waals surface area contributed by atoms with E-state index >= 15 is 0 Å². The van der Waals surface area contributed by atoms with Crippen LogP contribution in [0.1, 0.15) is 30.9 Å². The van der Waals surface area contributed by atoms with Crippen molar-refractivity contribution in [2.45, 2.75) is 40.2 Å². The van der Waals surface area contributed by atoms with Gasteiger partial charge in [0.2, 0.25) is 5.89 Å². The maximum Gasteiger partial charge on any atom is 0.228 e. The van der Waals surface area contributed by atoms with Gasteiger partial charge < -0.3 is 19.7 Å². The Balaban J connectivity index is 0.00000280. The molecule has 2 aromatic heterocycles. The standard InChI is InChI=1S/C19H27N7O.HI/c1-4-20-19(22-12-10-18-23-14(2)25-27-18)21-11-7-13-26-15(3)24-16-8-5-6-9-17(16)26;/h5-6,8-9H,4,7,10-13H2,1-3H3,(H2,20,21,22);1H. The largest absolute Gasteiger partial charge is 0.357 e. The number of hydrogen-bond acceptors (Lipinski definition) is 5. The maximum absolute atomic E-state index is 5.12. The average molecular weight is 497 g/mol. The number of rotatable bonds is 8. The van der Waals surface area contributed by atoms with E-state index in [9.17, 15) is 0 Å². The lowest BCUT2D eigenvalue weighted by Gasteiger charge is -2.11. The number of guanidine groups is 1. The van der Waals surface area contributed by atoms with Gasteiger partial charge in [-0.25, -0.2) is 4.98 Å². The molecule has 0 atom stereocenters. The van der Waals surface area contributed by atoms with Gasteiger partial charge >= 0.3 is 0 Å². The summed E-state index contributed by atoms with van der Waals surface area (Å²) in [4.78, 5) is 13.5. The quantitative estimate of drug-likeness (QED) is 0.215. The van der Waals surface area contributed by atoms with Crippen LogP contribution < -0.4 is 10.6 Å². The summed E-state index contributed by atoms with van der Waals surface area (Å²) in [6.07, 6.45) is 1.62. The lowest BCUT2D eigenvalue weighted by atomic mass is 10.3. The van der Waals surface area contributed by atoms with E-state index in [1.165, 1.54) is 5.52 Å². The Morgan fingerprint density at radius 2 is 2.00 bits per heavy atom. The van der Waals surface area contributed by atoms with Crippen molar-refractivity contribution in [1.82, 2.24) is 30.3 Å². The molecule has 0 saturated carbocycles. The highest BCUT2D eigenvalue weighted by atomic mass is 127. The van der Waals surface area contributed by atoms with Gasteiger partial charge in [0.05, 0.1) is 11.0 Å². The van der Waals surface area contributed by atoms with Crippen LogP contribution in [-0.2, 0) is 13.0 Å². The monoisotopic (exact) mass is 497 g/mol. The lowest BCUT2D eigenvalue weighted by Crippen LogP contribution is -2.38. The molecular weight excluding hydrogens is 469 g/mol. The number of halogens is 1. The number of aryl methyl sites for hydroxylation is 3. The first-order valence-electron chi connectivity index (χ1n) is 9.40. The Kier molecular flexibility index (Phi) is 8.68. The predicted molar refractivity (Wildman–Crippen MR) is 121 cm³/mol. The van der Waals surface area contributed by atoms with Crippen LogP contribution in [0.25, 0.3) is 11.0 Å². The van der Waals surface area contributed by atoms with Crippen LogP contribution in [-0.4, -0.2) is 45.3 Å². The number of nitrogens with zero attached hydrogens (tertiary/aromatic N) is 5. The summed E-state index contributed by atoms with van der Waals surface area (Å²) < 4.78 is 7.38. The summed E-state index contributed by atoms with van der Waals surface area (Å²) in [5.41, 5.74) is 2.23. The number of para-hydroxylation sites is 2. The van der Waals surface area contributed by atoms with Crippen LogP contribution in [0.15, 0.2) is 33.8 Å².